The molecule has 2 N–H and O–H groups in total. The first-order valence-corrected chi connectivity index (χ1v) is 18.9. The van der Waals surface area contributed by atoms with Gasteiger partial charge in [-0.2, -0.15) is 0 Å². The van der Waals surface area contributed by atoms with Gasteiger partial charge in [-0.15, -0.1) is 0 Å². The largest absolute Gasteiger partial charge is 0.354 e. The Morgan fingerprint density at radius 2 is 0.981 bits per heavy atom. The maximum absolute atomic E-state index is 11.6. The molecule has 7 nitrogen and oxygen atoms in total. The molecule has 9 rings (SSSR count). The fourth-order valence-electron chi connectivity index (χ4n) is 7.15. The van der Waals surface area contributed by atoms with Crippen LogP contribution in [-0.4, -0.2) is 26.1 Å². The van der Waals surface area contributed by atoms with E-state index < -0.39 is 0 Å². The van der Waals surface area contributed by atoms with Crippen molar-refractivity contribution >= 4 is 83.7 Å². The monoisotopic (exact) mass is 829 g/mol. The van der Waals surface area contributed by atoms with Crippen LogP contribution in [0.3, 0.4) is 0 Å². The van der Waals surface area contributed by atoms with Gasteiger partial charge in [0.05, 0.1) is 22.0 Å². The van der Waals surface area contributed by atoms with Gasteiger partial charge in [0.1, 0.15) is 0 Å². The summed E-state index contributed by atoms with van der Waals surface area (Å²) in [7, 11) is 0. The van der Waals surface area contributed by atoms with Gasteiger partial charge >= 0.3 is 0 Å². The average Bonchev–Trinajstić information content (AvgIpc) is 4.02. The van der Waals surface area contributed by atoms with Gasteiger partial charge < -0.3 is 9.97 Å². The van der Waals surface area contributed by atoms with E-state index in [1.807, 2.05) is 48.7 Å². The van der Waals surface area contributed by atoms with Crippen LogP contribution < -0.4 is 0 Å². The van der Waals surface area contributed by atoms with Gasteiger partial charge in [-0.25, -0.2) is 4.98 Å². The summed E-state index contributed by atoms with van der Waals surface area (Å²) < 4.78 is 1.96. The van der Waals surface area contributed by atoms with E-state index in [9.17, 15) is 10.1 Å². The smallest absolute Gasteiger partial charge is 0.269 e. The molecular formula is C45H29Br2N5O2. The number of rotatable bonds is 5. The van der Waals surface area contributed by atoms with Crippen molar-refractivity contribution in [3.8, 4) is 44.5 Å². The normalized spacial score (nSPS) is 12.0. The second-order valence-corrected chi connectivity index (χ2v) is 15.0. The van der Waals surface area contributed by atoms with Gasteiger partial charge in [-0.1, -0.05) is 86.0 Å². The summed E-state index contributed by atoms with van der Waals surface area (Å²) in [5.74, 6) is 0. The minimum absolute atomic E-state index is 0.0232. The zero-order valence-corrected chi connectivity index (χ0v) is 31.9. The van der Waals surface area contributed by atoms with Crippen LogP contribution in [0.4, 0.5) is 11.4 Å². The Kier molecular flexibility index (Phi) is 8.52. The number of H-pyrrole nitrogens is 2. The molecule has 3 aromatic heterocycles. The number of aryl methyl sites for hydroxylation is 1. The highest BCUT2D eigenvalue weighted by Gasteiger charge is 2.19. The van der Waals surface area contributed by atoms with E-state index in [2.05, 4.69) is 122 Å². The number of halogens is 2. The van der Waals surface area contributed by atoms with E-state index in [0.29, 0.717) is 0 Å². The van der Waals surface area contributed by atoms with Gasteiger partial charge in [0.25, 0.3) is 5.69 Å². The number of benzene rings is 4. The Morgan fingerprint density at radius 3 is 1.50 bits per heavy atom. The Hall–Kier alpha value is -6.16. The first-order chi connectivity index (χ1) is 26.3. The van der Waals surface area contributed by atoms with Crippen molar-refractivity contribution in [3.05, 3.63) is 169 Å². The molecule has 0 saturated carbocycles. The Balaban J connectivity index is 1.45. The maximum Gasteiger partial charge on any atom is 0.269 e. The summed E-state index contributed by atoms with van der Waals surface area (Å²) in [6.07, 6.45) is 6.00. The van der Waals surface area contributed by atoms with Gasteiger partial charge in [-0.3, -0.25) is 15.1 Å². The topological polar surface area (TPSA) is 100.0 Å². The molecule has 5 heterocycles. The lowest BCUT2D eigenvalue weighted by molar-refractivity contribution is -0.384. The molecule has 0 fully saturated rings. The molecule has 2 aliphatic heterocycles. The van der Waals surface area contributed by atoms with Crippen LogP contribution in [0.5, 0.6) is 0 Å². The molecule has 54 heavy (non-hydrogen) atoms. The summed E-state index contributed by atoms with van der Waals surface area (Å²) >= 11 is 7.21. The lowest BCUT2D eigenvalue weighted by Crippen LogP contribution is -1.90. The lowest BCUT2D eigenvalue weighted by Gasteiger charge is -2.07. The molecule has 260 valence electrons. The quantitative estimate of drug-likeness (QED) is 0.133. The first kappa shape index (κ1) is 33.7. The lowest BCUT2D eigenvalue weighted by atomic mass is 9.99. The van der Waals surface area contributed by atoms with Crippen molar-refractivity contribution in [2.24, 2.45) is 4.99 Å². The molecule has 0 amide bonds. The van der Waals surface area contributed by atoms with Crippen LogP contribution in [0.1, 0.15) is 22.5 Å². The van der Waals surface area contributed by atoms with Crippen LogP contribution in [0.2, 0.25) is 0 Å². The molecule has 0 aliphatic carbocycles. The molecule has 8 bridgehead atoms. The van der Waals surface area contributed by atoms with Crippen LogP contribution in [0.25, 0.3) is 78.7 Å². The molecule has 0 saturated heterocycles. The van der Waals surface area contributed by atoms with Gasteiger partial charge in [0, 0.05) is 77.2 Å². The third-order valence-electron chi connectivity index (χ3n) is 9.75. The highest BCUT2D eigenvalue weighted by atomic mass is 79.9. The van der Waals surface area contributed by atoms with Crippen molar-refractivity contribution in [2.45, 2.75) is 6.92 Å². The fraction of sp³-hybridized carbons (Fsp3) is 0.0222. The first-order valence-electron chi connectivity index (χ1n) is 17.3. The van der Waals surface area contributed by atoms with E-state index in [4.69, 9.17) is 9.98 Å². The summed E-state index contributed by atoms with van der Waals surface area (Å²) in [4.78, 5) is 29.1. The molecule has 9 heteroatoms. The molecule has 2 aliphatic rings. The Morgan fingerprint density at radius 1 is 0.556 bits per heavy atom. The van der Waals surface area contributed by atoms with E-state index in [1.165, 1.54) is 17.7 Å². The van der Waals surface area contributed by atoms with Crippen LogP contribution in [0, 0.1) is 17.0 Å². The summed E-state index contributed by atoms with van der Waals surface area (Å²) in [5, 5.41) is 11.6. The highest BCUT2D eigenvalue weighted by Crippen LogP contribution is 2.41. The number of non-ortho nitro benzene ring substituents is 1. The van der Waals surface area contributed by atoms with Gasteiger partial charge in [0.15, 0.2) is 0 Å². The van der Waals surface area contributed by atoms with E-state index in [-0.39, 0.29) is 10.6 Å². The number of nitrogens with zero attached hydrogens (tertiary/aromatic N) is 3. The third-order valence-corrected chi connectivity index (χ3v) is 10.8. The summed E-state index contributed by atoms with van der Waals surface area (Å²) in [6.45, 7) is 2.09. The molecule has 0 atom stereocenters. The predicted molar refractivity (Wildman–Crippen MR) is 228 cm³/mol. The van der Waals surface area contributed by atoms with Gasteiger partial charge in [0.2, 0.25) is 0 Å². The molecule has 7 aromatic rings. The average molecular weight is 832 g/mol. The van der Waals surface area contributed by atoms with Crippen LogP contribution in [-0.2, 0) is 0 Å². The predicted octanol–water partition coefficient (Wildman–Crippen LogP) is 13.3. The minimum Gasteiger partial charge on any atom is -0.354 e. The zero-order chi connectivity index (χ0) is 36.9. The van der Waals surface area contributed by atoms with Gasteiger partial charge in [-0.05, 0) is 108 Å². The number of nitrogens with one attached hydrogen (secondary N) is 2. The highest BCUT2D eigenvalue weighted by molar-refractivity contribution is 9.10. The number of hydrogen-bond donors (Lipinski definition) is 2. The molecule has 0 spiro atoms. The number of hydrogen-bond acceptors (Lipinski definition) is 4. The Bertz CT molecular complexity index is 2810. The molecule has 0 radical (unpaired) electrons. The van der Waals surface area contributed by atoms with Crippen molar-refractivity contribution in [1.82, 2.24) is 15.0 Å². The Labute approximate surface area is 327 Å². The number of aromatic amines is 2. The molecule has 0 unspecified atom stereocenters. The number of nitro groups is 1. The molecule has 4 aromatic carbocycles. The number of aliphatic imine (C=N–C) groups is 1. The van der Waals surface area contributed by atoms with E-state index >= 15 is 0 Å². The van der Waals surface area contributed by atoms with E-state index in [1.54, 1.807) is 12.1 Å². The van der Waals surface area contributed by atoms with Crippen molar-refractivity contribution < 1.29 is 4.92 Å². The zero-order valence-electron chi connectivity index (χ0n) is 28.8. The standard InChI is InChI=1S/C45H29Br2N5O2/c1-26-2-4-27(5-3-26)42-31-24-41(48-25-31)45(29-8-14-33(47)15-9-29)40-23-22-39(51-40)44(30-10-16-34(17-11-30)52(53)54)38-21-20-37(50-38)43(36-19-18-35(42)49-36)28-6-12-32(46)13-7-28/h2-25,49,51H,1H3. The van der Waals surface area contributed by atoms with Crippen LogP contribution >= 0.6 is 31.9 Å². The minimum atomic E-state index is -0.384. The second kappa shape index (κ2) is 13.7. The fourth-order valence-corrected chi connectivity index (χ4v) is 7.68. The molecular weight excluding hydrogens is 802 g/mol. The maximum atomic E-state index is 11.6. The summed E-state index contributed by atoms with van der Waals surface area (Å²) in [5.41, 5.74) is 15.7. The van der Waals surface area contributed by atoms with Crippen molar-refractivity contribution in [3.63, 3.8) is 0 Å². The number of nitro benzene ring substituents is 1. The van der Waals surface area contributed by atoms with Crippen molar-refractivity contribution in [2.75, 3.05) is 0 Å². The second-order valence-electron chi connectivity index (χ2n) is 13.2. The third kappa shape index (κ3) is 6.21. The summed E-state index contributed by atoms with van der Waals surface area (Å²) in [6, 6.07) is 42.2. The SMILES string of the molecule is Cc1ccc(-c2c3cc(c(-c4ccc(Br)cc4)c4ccc([nH]4)c(-c4ccc([N+](=O)[O-])cc4)c4nc(c(-c5ccc(Br)cc5)c5ccc2[nH]5)C=C4)N=C3)cc1. The van der Waals surface area contributed by atoms with E-state index in [0.717, 1.165) is 98.2 Å². The van der Waals surface area contributed by atoms with Crippen LogP contribution in [0.15, 0.2) is 141 Å². The van der Waals surface area contributed by atoms with Crippen molar-refractivity contribution in [1.29, 1.82) is 0 Å². The number of aromatic nitrogens is 3. The number of fused-ring (bicyclic) bond motifs is 8.